The van der Waals surface area contributed by atoms with E-state index in [2.05, 4.69) is 0 Å². The maximum absolute atomic E-state index is 13.9. The van der Waals surface area contributed by atoms with Gasteiger partial charge in [-0.3, -0.25) is 14.4 Å². The number of carbonyl (C=O) groups is 3. The van der Waals surface area contributed by atoms with E-state index in [9.17, 15) is 23.2 Å². The van der Waals surface area contributed by atoms with E-state index in [4.69, 9.17) is 5.73 Å². The van der Waals surface area contributed by atoms with Crippen molar-refractivity contribution in [2.45, 2.75) is 57.0 Å². The average Bonchev–Trinajstić information content (AvgIpc) is 3.13. The Balaban J connectivity index is 1.42. The Hall–Kier alpha value is -2.51. The SMILES string of the molecule is NC(=O)[C@@H]1C[C@@H]2CCCC[C@@H]2N1C(=O)C1CCN(C(=O)c2ccc(F)cc2F)CC1. The lowest BCUT2D eigenvalue weighted by Gasteiger charge is -2.38. The van der Waals surface area contributed by atoms with Crippen molar-refractivity contribution in [3.05, 3.63) is 35.4 Å². The Kier molecular flexibility index (Phi) is 5.75. The average molecular weight is 419 g/mol. The fourth-order valence-corrected chi connectivity index (χ4v) is 5.40. The molecule has 0 radical (unpaired) electrons. The zero-order chi connectivity index (χ0) is 21.4. The van der Waals surface area contributed by atoms with Gasteiger partial charge >= 0.3 is 0 Å². The standard InChI is InChI=1S/C22H27F2N3O3/c23-15-5-6-16(17(24)12-15)22(30)26-9-7-13(8-10-26)21(29)27-18-4-2-1-3-14(18)11-19(27)20(25)28/h5-6,12-14,18-19H,1-4,7-11H2,(H2,25,28)/t14-,18-,19-/m0/s1. The topological polar surface area (TPSA) is 83.7 Å². The van der Waals surface area contributed by atoms with Gasteiger partial charge in [-0.25, -0.2) is 8.78 Å². The summed E-state index contributed by atoms with van der Waals surface area (Å²) in [6.07, 6.45) is 5.64. The first kappa shape index (κ1) is 20.8. The van der Waals surface area contributed by atoms with Crippen molar-refractivity contribution in [2.75, 3.05) is 13.1 Å². The second-order valence-electron chi connectivity index (χ2n) is 8.70. The third-order valence-corrected chi connectivity index (χ3v) is 6.96. The molecule has 6 nitrogen and oxygen atoms in total. The first-order valence-electron chi connectivity index (χ1n) is 10.7. The van der Waals surface area contributed by atoms with Crippen LogP contribution in [0.25, 0.3) is 0 Å². The maximum Gasteiger partial charge on any atom is 0.256 e. The molecule has 2 heterocycles. The third kappa shape index (κ3) is 3.79. The fourth-order valence-electron chi connectivity index (χ4n) is 5.40. The predicted molar refractivity (Wildman–Crippen MR) is 105 cm³/mol. The van der Waals surface area contributed by atoms with Gasteiger partial charge in [0.1, 0.15) is 17.7 Å². The summed E-state index contributed by atoms with van der Waals surface area (Å²) in [5.74, 6) is -2.56. The van der Waals surface area contributed by atoms with Crippen LogP contribution in [0.15, 0.2) is 18.2 Å². The molecule has 1 saturated carbocycles. The van der Waals surface area contributed by atoms with Gasteiger partial charge in [0.15, 0.2) is 0 Å². The highest BCUT2D eigenvalue weighted by atomic mass is 19.1. The first-order chi connectivity index (χ1) is 14.4. The number of benzene rings is 1. The number of likely N-dealkylation sites (tertiary alicyclic amines) is 2. The Morgan fingerprint density at radius 2 is 1.70 bits per heavy atom. The van der Waals surface area contributed by atoms with Crippen LogP contribution in [0.3, 0.4) is 0 Å². The molecule has 2 aliphatic heterocycles. The number of rotatable bonds is 3. The molecule has 3 atom stereocenters. The fraction of sp³-hybridized carbons (Fsp3) is 0.591. The maximum atomic E-state index is 13.9. The summed E-state index contributed by atoms with van der Waals surface area (Å²) in [5, 5.41) is 0. The molecule has 1 aromatic carbocycles. The lowest BCUT2D eigenvalue weighted by atomic mass is 9.84. The molecule has 3 aliphatic rings. The van der Waals surface area contributed by atoms with Gasteiger partial charge in [-0.05, 0) is 50.2 Å². The van der Waals surface area contributed by atoms with E-state index in [-0.39, 0.29) is 23.4 Å². The highest BCUT2D eigenvalue weighted by Gasteiger charge is 2.48. The van der Waals surface area contributed by atoms with E-state index in [1.54, 1.807) is 4.90 Å². The molecule has 4 rings (SSSR count). The molecule has 3 fully saturated rings. The summed E-state index contributed by atoms with van der Waals surface area (Å²) in [5.41, 5.74) is 5.45. The summed E-state index contributed by atoms with van der Waals surface area (Å²) in [6.45, 7) is 0.629. The molecule has 3 amide bonds. The molecule has 0 spiro atoms. The second-order valence-corrected chi connectivity index (χ2v) is 8.70. The van der Waals surface area contributed by atoms with Gasteiger partial charge in [0, 0.05) is 31.1 Å². The lowest BCUT2D eigenvalue weighted by Crippen LogP contribution is -2.52. The molecule has 1 aliphatic carbocycles. The van der Waals surface area contributed by atoms with Crippen molar-refractivity contribution < 1.29 is 23.2 Å². The number of hydrogen-bond acceptors (Lipinski definition) is 3. The van der Waals surface area contributed by atoms with Crippen LogP contribution < -0.4 is 5.73 Å². The lowest BCUT2D eigenvalue weighted by molar-refractivity contribution is -0.144. The number of piperidine rings is 1. The summed E-state index contributed by atoms with van der Waals surface area (Å²) in [7, 11) is 0. The van der Waals surface area contributed by atoms with Crippen molar-refractivity contribution in [3.63, 3.8) is 0 Å². The van der Waals surface area contributed by atoms with Gasteiger partial charge in [-0.2, -0.15) is 0 Å². The summed E-state index contributed by atoms with van der Waals surface area (Å²) < 4.78 is 27.1. The van der Waals surface area contributed by atoms with Crippen molar-refractivity contribution >= 4 is 17.7 Å². The van der Waals surface area contributed by atoms with Gasteiger partial charge < -0.3 is 15.5 Å². The van der Waals surface area contributed by atoms with E-state index < -0.39 is 29.5 Å². The van der Waals surface area contributed by atoms with Gasteiger partial charge in [0.05, 0.1) is 5.56 Å². The highest BCUT2D eigenvalue weighted by Crippen LogP contribution is 2.41. The first-order valence-corrected chi connectivity index (χ1v) is 10.7. The number of nitrogens with two attached hydrogens (primary N) is 1. The van der Waals surface area contributed by atoms with Crippen LogP contribution in [0.4, 0.5) is 8.78 Å². The van der Waals surface area contributed by atoms with E-state index in [1.807, 2.05) is 0 Å². The van der Waals surface area contributed by atoms with Gasteiger partial charge in [0.25, 0.3) is 5.91 Å². The van der Waals surface area contributed by atoms with Crippen molar-refractivity contribution in [3.8, 4) is 0 Å². The molecule has 2 saturated heterocycles. The van der Waals surface area contributed by atoms with Gasteiger partial charge in [-0.15, -0.1) is 0 Å². The summed E-state index contributed by atoms with van der Waals surface area (Å²) in [4.78, 5) is 41.2. The molecule has 0 bridgehead atoms. The van der Waals surface area contributed by atoms with Crippen LogP contribution in [0.2, 0.25) is 0 Å². The Morgan fingerprint density at radius 3 is 2.37 bits per heavy atom. The minimum atomic E-state index is -0.886. The minimum Gasteiger partial charge on any atom is -0.368 e. The normalized spacial score (nSPS) is 27.1. The van der Waals surface area contributed by atoms with E-state index in [1.165, 1.54) is 4.90 Å². The molecular formula is C22H27F2N3O3. The number of fused-ring (bicyclic) bond motifs is 1. The largest absolute Gasteiger partial charge is 0.368 e. The minimum absolute atomic E-state index is 0.0479. The predicted octanol–water partition coefficient (Wildman–Crippen LogP) is 2.46. The number of carbonyl (C=O) groups excluding carboxylic acids is 3. The molecule has 0 aromatic heterocycles. The van der Waals surface area contributed by atoms with Crippen LogP contribution in [0.1, 0.15) is 55.3 Å². The zero-order valence-electron chi connectivity index (χ0n) is 16.9. The number of halogens is 2. The third-order valence-electron chi connectivity index (χ3n) is 6.96. The van der Waals surface area contributed by atoms with Crippen molar-refractivity contribution in [1.82, 2.24) is 9.80 Å². The van der Waals surface area contributed by atoms with Crippen LogP contribution in [-0.4, -0.2) is 52.7 Å². The summed E-state index contributed by atoms with van der Waals surface area (Å²) in [6, 6.07) is 2.44. The van der Waals surface area contributed by atoms with E-state index in [0.29, 0.717) is 44.3 Å². The number of amides is 3. The molecule has 8 heteroatoms. The smallest absolute Gasteiger partial charge is 0.256 e. The second kappa shape index (κ2) is 8.32. The van der Waals surface area contributed by atoms with E-state index >= 15 is 0 Å². The Labute approximate surface area is 174 Å². The molecule has 1 aromatic rings. The number of nitrogens with zero attached hydrogens (tertiary/aromatic N) is 2. The van der Waals surface area contributed by atoms with Crippen LogP contribution in [0.5, 0.6) is 0 Å². The Bertz CT molecular complexity index is 854. The van der Waals surface area contributed by atoms with Crippen molar-refractivity contribution in [2.24, 2.45) is 17.6 Å². The molecule has 0 unspecified atom stereocenters. The van der Waals surface area contributed by atoms with Crippen LogP contribution in [0, 0.1) is 23.5 Å². The molecule has 162 valence electrons. The molecule has 2 N–H and O–H groups in total. The molecule has 30 heavy (non-hydrogen) atoms. The van der Waals surface area contributed by atoms with Crippen LogP contribution in [-0.2, 0) is 9.59 Å². The zero-order valence-corrected chi connectivity index (χ0v) is 16.9. The Morgan fingerprint density at radius 1 is 1.00 bits per heavy atom. The van der Waals surface area contributed by atoms with Gasteiger partial charge in [-0.1, -0.05) is 12.8 Å². The summed E-state index contributed by atoms with van der Waals surface area (Å²) >= 11 is 0. The van der Waals surface area contributed by atoms with E-state index in [0.717, 1.165) is 37.8 Å². The quantitative estimate of drug-likeness (QED) is 0.817. The number of primary amides is 1. The van der Waals surface area contributed by atoms with Gasteiger partial charge in [0.2, 0.25) is 11.8 Å². The number of hydrogen-bond donors (Lipinski definition) is 1. The highest BCUT2D eigenvalue weighted by molar-refractivity contribution is 5.95. The molecular weight excluding hydrogens is 392 g/mol. The van der Waals surface area contributed by atoms with Crippen LogP contribution >= 0.6 is 0 Å². The van der Waals surface area contributed by atoms with Crippen molar-refractivity contribution in [1.29, 1.82) is 0 Å². The monoisotopic (exact) mass is 419 g/mol.